The Balaban J connectivity index is 2.46. The van der Waals surface area contributed by atoms with Crippen molar-refractivity contribution in [2.45, 2.75) is 52.4 Å². The molecule has 3 nitrogen and oxygen atoms in total. The number of benzene rings is 1. The second-order valence-electron chi connectivity index (χ2n) is 5.90. The average molecular weight is 403 g/mol. The van der Waals surface area contributed by atoms with Gasteiger partial charge in [0.05, 0.1) is 4.92 Å². The lowest BCUT2D eigenvalue weighted by Gasteiger charge is -2.18. The van der Waals surface area contributed by atoms with E-state index in [2.05, 4.69) is 36.4 Å². The zero-order valence-corrected chi connectivity index (χ0v) is 15.2. The molecule has 0 aromatic heterocycles. The number of hydrogen-bond acceptors (Lipinski definition) is 2. The molecule has 0 aliphatic rings. The summed E-state index contributed by atoms with van der Waals surface area (Å²) in [6.45, 7) is 4.59. The summed E-state index contributed by atoms with van der Waals surface area (Å²) in [5.41, 5.74) is 1.39. The molecular formula is C17H26INO2. The first-order chi connectivity index (χ1) is 10.1. The zero-order chi connectivity index (χ0) is 15.7. The summed E-state index contributed by atoms with van der Waals surface area (Å²) < 4.78 is 1.21. The number of rotatable bonds is 10. The summed E-state index contributed by atoms with van der Waals surface area (Å²) in [6.07, 6.45) is 7.39. The topological polar surface area (TPSA) is 43.1 Å². The molecule has 21 heavy (non-hydrogen) atoms. The van der Waals surface area contributed by atoms with Gasteiger partial charge < -0.3 is 0 Å². The number of nitro benzene ring substituents is 1. The Morgan fingerprint density at radius 1 is 1.14 bits per heavy atom. The number of nitro groups is 1. The van der Waals surface area contributed by atoms with Gasteiger partial charge >= 0.3 is 0 Å². The van der Waals surface area contributed by atoms with Crippen molar-refractivity contribution in [2.75, 3.05) is 4.43 Å². The minimum atomic E-state index is -0.338. The van der Waals surface area contributed by atoms with Crippen LogP contribution in [0.3, 0.4) is 0 Å². The molecule has 0 bridgehead atoms. The maximum Gasteiger partial charge on any atom is 0.269 e. The van der Waals surface area contributed by atoms with Crippen molar-refractivity contribution in [3.05, 3.63) is 39.9 Å². The molecule has 0 saturated carbocycles. The summed E-state index contributed by atoms with van der Waals surface area (Å²) in [4.78, 5) is 10.3. The van der Waals surface area contributed by atoms with E-state index >= 15 is 0 Å². The van der Waals surface area contributed by atoms with Crippen molar-refractivity contribution in [3.8, 4) is 0 Å². The molecular weight excluding hydrogens is 377 g/mol. The van der Waals surface area contributed by atoms with Gasteiger partial charge in [-0.25, -0.2) is 0 Å². The lowest BCUT2D eigenvalue weighted by molar-refractivity contribution is -0.384. The first-order valence-corrected chi connectivity index (χ1v) is 9.38. The normalized spacial score (nSPS) is 13.9. The van der Waals surface area contributed by atoms with Crippen LogP contribution in [0.25, 0.3) is 0 Å². The van der Waals surface area contributed by atoms with Crippen molar-refractivity contribution in [3.63, 3.8) is 0 Å². The van der Waals surface area contributed by atoms with E-state index < -0.39 is 0 Å². The maximum atomic E-state index is 10.6. The fraction of sp³-hybridized carbons (Fsp3) is 0.647. The minimum Gasteiger partial charge on any atom is -0.258 e. The standard InChI is InChI=1S/C17H26INO2/c1-3-14(2)4-5-16(12-13-18)7-6-15-8-10-17(11-9-15)19(20)21/h8-11,14,16H,3-7,12-13H2,1-2H3. The Bertz CT molecular complexity index is 419. The quantitative estimate of drug-likeness (QED) is 0.215. The fourth-order valence-electron chi connectivity index (χ4n) is 2.47. The molecule has 0 saturated heterocycles. The molecule has 0 fully saturated rings. The van der Waals surface area contributed by atoms with Gasteiger partial charge in [0.1, 0.15) is 0 Å². The van der Waals surface area contributed by atoms with Crippen LogP contribution in [-0.4, -0.2) is 9.35 Å². The number of aryl methyl sites for hydroxylation is 1. The van der Waals surface area contributed by atoms with Crippen LogP contribution in [0.5, 0.6) is 0 Å². The van der Waals surface area contributed by atoms with Crippen molar-refractivity contribution in [1.82, 2.24) is 0 Å². The number of halogens is 1. The molecule has 2 atom stereocenters. The summed E-state index contributed by atoms with van der Waals surface area (Å²) in [5.74, 6) is 1.60. The molecule has 2 unspecified atom stereocenters. The number of nitrogens with zero attached hydrogens (tertiary/aromatic N) is 1. The fourth-order valence-corrected chi connectivity index (χ4v) is 3.35. The van der Waals surface area contributed by atoms with Crippen molar-refractivity contribution >= 4 is 28.3 Å². The Kier molecular flexibility index (Phi) is 8.88. The molecule has 0 heterocycles. The number of alkyl halides is 1. The molecule has 1 aromatic carbocycles. The van der Waals surface area contributed by atoms with Gasteiger partial charge in [0.2, 0.25) is 0 Å². The van der Waals surface area contributed by atoms with Gasteiger partial charge in [-0.3, -0.25) is 10.1 Å². The van der Waals surface area contributed by atoms with Gasteiger partial charge in [-0.15, -0.1) is 0 Å². The van der Waals surface area contributed by atoms with Crippen LogP contribution in [0.2, 0.25) is 0 Å². The maximum absolute atomic E-state index is 10.6. The summed E-state index contributed by atoms with van der Waals surface area (Å²) in [7, 11) is 0. The molecule has 0 aliphatic carbocycles. The Hall–Kier alpha value is -0.650. The molecule has 1 aromatic rings. The largest absolute Gasteiger partial charge is 0.269 e. The SMILES string of the molecule is CCC(C)CCC(CCI)CCc1ccc([N+](=O)[O-])cc1. The smallest absolute Gasteiger partial charge is 0.258 e. The van der Waals surface area contributed by atoms with Crippen LogP contribution in [0.15, 0.2) is 24.3 Å². The second-order valence-corrected chi connectivity index (χ2v) is 6.98. The molecule has 1 rings (SSSR count). The van der Waals surface area contributed by atoms with E-state index in [9.17, 15) is 10.1 Å². The van der Waals surface area contributed by atoms with Crippen LogP contribution in [-0.2, 0) is 6.42 Å². The van der Waals surface area contributed by atoms with E-state index in [-0.39, 0.29) is 10.6 Å². The summed E-state index contributed by atoms with van der Waals surface area (Å²) in [6, 6.07) is 7.02. The lowest BCUT2D eigenvalue weighted by Crippen LogP contribution is -2.06. The second kappa shape index (κ2) is 10.1. The van der Waals surface area contributed by atoms with Gasteiger partial charge in [-0.2, -0.15) is 0 Å². The van der Waals surface area contributed by atoms with Crippen LogP contribution in [0.1, 0.15) is 51.5 Å². The van der Waals surface area contributed by atoms with E-state index in [4.69, 9.17) is 0 Å². The van der Waals surface area contributed by atoms with E-state index in [0.29, 0.717) is 0 Å². The third-order valence-electron chi connectivity index (χ3n) is 4.27. The molecule has 0 radical (unpaired) electrons. The monoisotopic (exact) mass is 403 g/mol. The van der Waals surface area contributed by atoms with Crippen LogP contribution < -0.4 is 0 Å². The van der Waals surface area contributed by atoms with Crippen molar-refractivity contribution in [2.24, 2.45) is 11.8 Å². The number of hydrogen-bond donors (Lipinski definition) is 0. The first-order valence-electron chi connectivity index (χ1n) is 7.86. The van der Waals surface area contributed by atoms with Crippen molar-refractivity contribution < 1.29 is 4.92 Å². The summed E-state index contributed by atoms with van der Waals surface area (Å²) in [5, 5.41) is 10.6. The predicted molar refractivity (Wildman–Crippen MR) is 97.1 cm³/mol. The Labute approximate surface area is 141 Å². The van der Waals surface area contributed by atoms with Crippen LogP contribution in [0.4, 0.5) is 5.69 Å². The van der Waals surface area contributed by atoms with E-state index in [1.165, 1.54) is 42.1 Å². The molecule has 0 amide bonds. The molecule has 4 heteroatoms. The van der Waals surface area contributed by atoms with Gasteiger partial charge in [-0.05, 0) is 41.1 Å². The van der Waals surface area contributed by atoms with Gasteiger partial charge in [-0.1, -0.05) is 67.8 Å². The van der Waals surface area contributed by atoms with Gasteiger partial charge in [0, 0.05) is 12.1 Å². The predicted octanol–water partition coefficient (Wildman–Crippen LogP) is 5.80. The third-order valence-corrected chi connectivity index (χ3v) is 4.89. The Morgan fingerprint density at radius 3 is 2.33 bits per heavy atom. The van der Waals surface area contributed by atoms with Crippen LogP contribution >= 0.6 is 22.6 Å². The highest BCUT2D eigenvalue weighted by molar-refractivity contribution is 14.1. The highest BCUT2D eigenvalue weighted by atomic mass is 127. The van der Waals surface area contributed by atoms with Gasteiger partial charge in [0.15, 0.2) is 0 Å². The first kappa shape index (κ1) is 18.4. The van der Waals surface area contributed by atoms with E-state index in [1.54, 1.807) is 12.1 Å². The highest BCUT2D eigenvalue weighted by Crippen LogP contribution is 2.24. The summed E-state index contributed by atoms with van der Waals surface area (Å²) >= 11 is 2.46. The van der Waals surface area contributed by atoms with E-state index in [1.807, 2.05) is 12.1 Å². The molecule has 0 N–H and O–H groups in total. The minimum absolute atomic E-state index is 0.180. The van der Waals surface area contributed by atoms with Crippen molar-refractivity contribution in [1.29, 1.82) is 0 Å². The highest BCUT2D eigenvalue weighted by Gasteiger charge is 2.11. The zero-order valence-electron chi connectivity index (χ0n) is 13.1. The number of non-ortho nitro benzene ring substituents is 1. The molecule has 0 spiro atoms. The molecule has 118 valence electrons. The Morgan fingerprint density at radius 2 is 1.81 bits per heavy atom. The molecule has 0 aliphatic heterocycles. The van der Waals surface area contributed by atoms with Gasteiger partial charge in [0.25, 0.3) is 5.69 Å². The lowest BCUT2D eigenvalue weighted by atomic mass is 9.89. The average Bonchev–Trinajstić information content (AvgIpc) is 2.50. The van der Waals surface area contributed by atoms with Crippen LogP contribution in [0, 0.1) is 22.0 Å². The van der Waals surface area contributed by atoms with E-state index in [0.717, 1.165) is 18.3 Å². The third kappa shape index (κ3) is 7.25.